The van der Waals surface area contributed by atoms with E-state index in [1.165, 1.54) is 0 Å². The van der Waals surface area contributed by atoms with Crippen LogP contribution in [0.1, 0.15) is 43.3 Å². The summed E-state index contributed by atoms with van der Waals surface area (Å²) in [4.78, 5) is 17.0. The highest BCUT2D eigenvalue weighted by Gasteiger charge is 2.20. The lowest BCUT2D eigenvalue weighted by atomic mass is 9.98. The van der Waals surface area contributed by atoms with Gasteiger partial charge >= 0.3 is 5.97 Å². The first-order valence-electron chi connectivity index (χ1n) is 12.6. The van der Waals surface area contributed by atoms with Gasteiger partial charge in [-0.2, -0.15) is 17.0 Å². The minimum Gasteiger partial charge on any atom is -0.458 e. The zero-order valence-electron chi connectivity index (χ0n) is 21.6. The number of aryl methyl sites for hydroxylation is 1. The van der Waals surface area contributed by atoms with Crippen LogP contribution in [0.2, 0.25) is 5.15 Å². The molecule has 2 aromatic carbocycles. The average Bonchev–Trinajstić information content (AvgIpc) is 3.58. The second-order valence-corrected chi connectivity index (χ2v) is 10.3. The van der Waals surface area contributed by atoms with Gasteiger partial charge in [0.1, 0.15) is 18.5 Å². The number of hydrogen-bond donors (Lipinski definition) is 2. The fraction of sp³-hybridized carbons (Fsp3) is 0.370. The molecule has 0 bridgehead atoms. The molecule has 3 N–H and O–H groups in total. The number of unbranched alkanes of at least 4 members (excludes halogenated alkanes) is 1. The van der Waals surface area contributed by atoms with Crippen LogP contribution in [0, 0.1) is 0 Å². The van der Waals surface area contributed by atoms with Crippen molar-refractivity contribution < 1.29 is 9.53 Å². The number of aromatic nitrogens is 6. The maximum atomic E-state index is 12.4. The van der Waals surface area contributed by atoms with E-state index in [1.807, 2.05) is 30.5 Å². The lowest BCUT2D eigenvalue weighted by Crippen LogP contribution is -2.33. The number of rotatable bonds is 13. The zero-order chi connectivity index (χ0) is 26.9. The Bertz CT molecular complexity index is 1330. The fourth-order valence-corrected chi connectivity index (χ4v) is 4.89. The van der Waals surface area contributed by atoms with Crippen LogP contribution in [0.25, 0.3) is 22.5 Å². The van der Waals surface area contributed by atoms with E-state index in [0.29, 0.717) is 29.6 Å². The first-order valence-corrected chi connectivity index (χ1v) is 14.4. The minimum atomic E-state index is -0.653. The van der Waals surface area contributed by atoms with Gasteiger partial charge in [0, 0.05) is 18.5 Å². The molecule has 0 fully saturated rings. The van der Waals surface area contributed by atoms with E-state index >= 15 is 0 Å². The molecule has 0 aliphatic rings. The van der Waals surface area contributed by atoms with Gasteiger partial charge in [0.2, 0.25) is 5.82 Å². The van der Waals surface area contributed by atoms with E-state index in [-0.39, 0.29) is 6.61 Å². The number of H-pyrrole nitrogens is 1. The van der Waals surface area contributed by atoms with Crippen molar-refractivity contribution in [1.29, 1.82) is 0 Å². The van der Waals surface area contributed by atoms with Crippen LogP contribution < -0.4 is 5.73 Å². The molecular weight excluding hydrogens is 522 g/mol. The molecule has 9 nitrogen and oxygen atoms in total. The van der Waals surface area contributed by atoms with Gasteiger partial charge in [0.15, 0.2) is 5.15 Å². The summed E-state index contributed by atoms with van der Waals surface area (Å²) in [6, 6.07) is 15.6. The van der Waals surface area contributed by atoms with Gasteiger partial charge in [0.05, 0.1) is 5.69 Å². The van der Waals surface area contributed by atoms with Crippen LogP contribution in [0.5, 0.6) is 0 Å². The molecule has 4 aromatic rings. The number of ether oxygens (including phenoxy) is 1. The molecule has 0 saturated carbocycles. The zero-order valence-corrected chi connectivity index (χ0v) is 23.1. The van der Waals surface area contributed by atoms with Crippen molar-refractivity contribution in [2.45, 2.75) is 51.8 Å². The van der Waals surface area contributed by atoms with Crippen molar-refractivity contribution in [2.24, 2.45) is 5.73 Å². The van der Waals surface area contributed by atoms with E-state index < -0.39 is 12.0 Å². The van der Waals surface area contributed by atoms with Gasteiger partial charge in [-0.25, -0.2) is 4.98 Å². The second-order valence-electron chi connectivity index (χ2n) is 8.93. The lowest BCUT2D eigenvalue weighted by molar-refractivity contribution is -0.146. The molecule has 38 heavy (non-hydrogen) atoms. The summed E-state index contributed by atoms with van der Waals surface area (Å²) in [6.07, 6.45) is 5.35. The van der Waals surface area contributed by atoms with Crippen LogP contribution in [-0.4, -0.2) is 54.2 Å². The number of benzene rings is 2. The molecule has 0 amide bonds. The number of nitrogens with zero attached hydrogens (tertiary/aromatic N) is 5. The van der Waals surface area contributed by atoms with E-state index in [4.69, 9.17) is 22.1 Å². The van der Waals surface area contributed by atoms with E-state index in [1.54, 1.807) is 11.8 Å². The van der Waals surface area contributed by atoms with Crippen LogP contribution in [0.4, 0.5) is 0 Å². The van der Waals surface area contributed by atoms with Crippen molar-refractivity contribution in [3.05, 3.63) is 70.8 Å². The molecule has 0 radical (unpaired) electrons. The summed E-state index contributed by atoms with van der Waals surface area (Å²) >= 11 is 8.18. The molecule has 2 heterocycles. The molecule has 2 aromatic heterocycles. The second kappa shape index (κ2) is 13.5. The van der Waals surface area contributed by atoms with Gasteiger partial charge in [-0.3, -0.25) is 4.79 Å². The number of imidazole rings is 1. The van der Waals surface area contributed by atoms with Crippen molar-refractivity contribution in [3.8, 4) is 22.5 Å². The largest absolute Gasteiger partial charge is 0.458 e. The molecule has 0 spiro atoms. The van der Waals surface area contributed by atoms with Crippen LogP contribution in [0.15, 0.2) is 48.5 Å². The van der Waals surface area contributed by atoms with Crippen LogP contribution >= 0.6 is 23.4 Å². The highest BCUT2D eigenvalue weighted by molar-refractivity contribution is 7.98. The maximum absolute atomic E-state index is 12.4. The molecular formula is C27H32ClN7O2S. The van der Waals surface area contributed by atoms with Gasteiger partial charge in [-0.1, -0.05) is 73.5 Å². The summed E-state index contributed by atoms with van der Waals surface area (Å²) in [7, 11) is 0. The van der Waals surface area contributed by atoms with E-state index in [2.05, 4.69) is 61.4 Å². The van der Waals surface area contributed by atoms with Gasteiger partial charge in [-0.15, -0.1) is 10.2 Å². The Labute approximate surface area is 231 Å². The Morgan fingerprint density at radius 1 is 1.18 bits per heavy atom. The quantitative estimate of drug-likeness (QED) is 0.224. The Hall–Kier alpha value is -3.21. The van der Waals surface area contributed by atoms with Crippen molar-refractivity contribution in [3.63, 3.8) is 0 Å². The number of carbonyl (C=O) groups excluding carboxylic acids is 1. The SMILES string of the molecule is CCCCc1nc(Cl)c(COC(=O)[C@@H](N)CCSC)n1Cc1ccc(-c2ccccc2-c2nn[nH]n2)cc1. The van der Waals surface area contributed by atoms with E-state index in [9.17, 15) is 4.79 Å². The summed E-state index contributed by atoms with van der Waals surface area (Å²) < 4.78 is 7.61. The number of tetrazole rings is 1. The van der Waals surface area contributed by atoms with Crippen molar-refractivity contribution in [2.75, 3.05) is 12.0 Å². The highest BCUT2D eigenvalue weighted by atomic mass is 35.5. The first-order chi connectivity index (χ1) is 18.5. The number of carbonyl (C=O) groups is 1. The Balaban J connectivity index is 1.55. The third-order valence-corrected chi connectivity index (χ3v) is 7.21. The van der Waals surface area contributed by atoms with Gasteiger partial charge in [-0.05, 0) is 46.8 Å². The van der Waals surface area contributed by atoms with E-state index in [0.717, 1.165) is 53.1 Å². The number of thioether (sulfide) groups is 1. The Morgan fingerprint density at radius 2 is 1.95 bits per heavy atom. The van der Waals surface area contributed by atoms with Crippen molar-refractivity contribution >= 4 is 29.3 Å². The Morgan fingerprint density at radius 3 is 2.63 bits per heavy atom. The summed E-state index contributed by atoms with van der Waals surface area (Å²) in [6.45, 7) is 2.72. The molecule has 0 aliphatic carbocycles. The summed E-state index contributed by atoms with van der Waals surface area (Å²) in [5.41, 5.74) is 10.7. The maximum Gasteiger partial charge on any atom is 0.323 e. The molecule has 11 heteroatoms. The lowest BCUT2D eigenvalue weighted by Gasteiger charge is -2.15. The summed E-state index contributed by atoms with van der Waals surface area (Å²) in [5.74, 6) is 1.79. The average molecular weight is 554 g/mol. The number of halogens is 1. The first kappa shape index (κ1) is 27.8. The molecule has 200 valence electrons. The fourth-order valence-electron chi connectivity index (χ4n) is 4.14. The van der Waals surface area contributed by atoms with Gasteiger partial charge in [0.25, 0.3) is 0 Å². The van der Waals surface area contributed by atoms with Crippen LogP contribution in [0.3, 0.4) is 0 Å². The number of nitrogens with one attached hydrogen (secondary N) is 1. The standard InChI is InChI=1S/C27H32ClN7O2S/c1-3-4-9-24-30-25(28)23(17-37-27(36)22(29)14-15-38-2)35(24)16-18-10-12-19(13-11-18)20-7-5-6-8-21(20)26-31-33-34-32-26/h5-8,10-13,22H,3-4,9,14-17,29H2,1-2H3,(H,31,32,33,34)/t22-/m0/s1. The third kappa shape index (κ3) is 6.80. The third-order valence-electron chi connectivity index (χ3n) is 6.26. The van der Waals surface area contributed by atoms with Crippen LogP contribution in [-0.2, 0) is 29.1 Å². The molecule has 4 rings (SSSR count). The molecule has 0 unspecified atom stereocenters. The Kier molecular flexibility index (Phi) is 9.91. The number of hydrogen-bond acceptors (Lipinski definition) is 8. The topological polar surface area (TPSA) is 125 Å². The normalized spacial score (nSPS) is 12.0. The molecule has 1 atom stereocenters. The summed E-state index contributed by atoms with van der Waals surface area (Å²) in [5, 5.41) is 14.8. The number of esters is 1. The van der Waals surface area contributed by atoms with Crippen molar-refractivity contribution in [1.82, 2.24) is 30.2 Å². The molecule has 0 saturated heterocycles. The number of aromatic amines is 1. The van der Waals surface area contributed by atoms with Gasteiger partial charge < -0.3 is 15.0 Å². The molecule has 0 aliphatic heterocycles. The predicted octanol–water partition coefficient (Wildman–Crippen LogP) is 4.90. The predicted molar refractivity (Wildman–Crippen MR) is 151 cm³/mol. The monoisotopic (exact) mass is 553 g/mol. The smallest absolute Gasteiger partial charge is 0.323 e. The number of nitrogens with two attached hydrogens (primary N) is 1. The minimum absolute atomic E-state index is 0.0277. The highest BCUT2D eigenvalue weighted by Crippen LogP contribution is 2.30.